The topological polar surface area (TPSA) is 96.9 Å². The van der Waals surface area contributed by atoms with Crippen molar-refractivity contribution in [3.63, 3.8) is 0 Å². The molecule has 1 rings (SSSR count). The van der Waals surface area contributed by atoms with E-state index in [1.165, 1.54) is 32.2 Å². The van der Waals surface area contributed by atoms with Gasteiger partial charge in [0.1, 0.15) is 0 Å². The Kier molecular flexibility index (Phi) is 4.47. The van der Waals surface area contributed by atoms with Crippen LogP contribution in [0.3, 0.4) is 0 Å². The zero-order valence-electron chi connectivity index (χ0n) is 9.98. The van der Waals surface area contributed by atoms with E-state index in [0.29, 0.717) is 5.69 Å². The first-order valence-corrected chi connectivity index (χ1v) is 5.11. The van der Waals surface area contributed by atoms with Gasteiger partial charge in [0.2, 0.25) is 5.91 Å². The number of carbonyl (C=O) groups excluding carboxylic acids is 1. The number of rotatable bonds is 4. The van der Waals surface area contributed by atoms with Crippen molar-refractivity contribution in [2.75, 3.05) is 12.4 Å². The average molecular weight is 255 g/mol. The molecular formula is C11H14FN3O3. The molecule has 0 aliphatic heterocycles. The van der Waals surface area contributed by atoms with Gasteiger partial charge < -0.3 is 21.0 Å². The van der Waals surface area contributed by atoms with Gasteiger partial charge >= 0.3 is 0 Å². The van der Waals surface area contributed by atoms with Gasteiger partial charge in [-0.15, -0.1) is 0 Å². The Morgan fingerprint density at radius 3 is 2.83 bits per heavy atom. The Morgan fingerprint density at radius 2 is 2.28 bits per heavy atom. The lowest BCUT2D eigenvalue weighted by Crippen LogP contribution is -2.32. The Morgan fingerprint density at radius 1 is 1.61 bits per heavy atom. The standard InChI is InChI=1S/C11H14FN3O3/c1-6(10(13)15-17)11(16)14-7-3-4-8(12)9(5-7)18-2/h3-6,17H,1-2H3,(H2,13,15)(H,14,16). The molecule has 1 atom stereocenters. The Hall–Kier alpha value is -2.31. The SMILES string of the molecule is COc1cc(NC(=O)C(C)/C(N)=N/O)ccc1F. The van der Waals surface area contributed by atoms with E-state index in [4.69, 9.17) is 15.7 Å². The smallest absolute Gasteiger partial charge is 0.234 e. The maximum absolute atomic E-state index is 13.1. The molecule has 1 aromatic rings. The lowest BCUT2D eigenvalue weighted by atomic mass is 10.1. The van der Waals surface area contributed by atoms with Gasteiger partial charge in [0, 0.05) is 11.8 Å². The summed E-state index contributed by atoms with van der Waals surface area (Å²) in [5.41, 5.74) is 5.66. The number of nitrogens with one attached hydrogen (secondary N) is 1. The molecule has 4 N–H and O–H groups in total. The van der Waals surface area contributed by atoms with Crippen LogP contribution < -0.4 is 15.8 Å². The fourth-order valence-electron chi connectivity index (χ4n) is 1.21. The van der Waals surface area contributed by atoms with Crippen LogP contribution >= 0.6 is 0 Å². The van der Waals surface area contributed by atoms with Gasteiger partial charge in [-0.05, 0) is 19.1 Å². The molecule has 1 amide bonds. The van der Waals surface area contributed by atoms with Gasteiger partial charge in [0.15, 0.2) is 17.4 Å². The molecule has 0 aromatic heterocycles. The van der Waals surface area contributed by atoms with E-state index in [1.807, 2.05) is 0 Å². The van der Waals surface area contributed by atoms with Crippen LogP contribution in [0.15, 0.2) is 23.4 Å². The molecule has 1 unspecified atom stereocenters. The average Bonchev–Trinajstić information content (AvgIpc) is 2.38. The van der Waals surface area contributed by atoms with Gasteiger partial charge in [-0.3, -0.25) is 4.79 Å². The number of nitrogens with two attached hydrogens (primary N) is 1. The zero-order valence-corrected chi connectivity index (χ0v) is 9.98. The van der Waals surface area contributed by atoms with Crippen molar-refractivity contribution in [3.8, 4) is 5.75 Å². The highest BCUT2D eigenvalue weighted by Gasteiger charge is 2.18. The van der Waals surface area contributed by atoms with Crippen molar-refractivity contribution in [1.82, 2.24) is 0 Å². The lowest BCUT2D eigenvalue weighted by Gasteiger charge is -2.11. The molecule has 6 nitrogen and oxygen atoms in total. The molecule has 0 saturated carbocycles. The Balaban J connectivity index is 2.82. The van der Waals surface area contributed by atoms with Gasteiger partial charge in [-0.1, -0.05) is 5.16 Å². The van der Waals surface area contributed by atoms with Crippen molar-refractivity contribution in [2.45, 2.75) is 6.92 Å². The van der Waals surface area contributed by atoms with E-state index in [-0.39, 0.29) is 11.6 Å². The third kappa shape index (κ3) is 3.09. The summed E-state index contributed by atoms with van der Waals surface area (Å²) < 4.78 is 17.9. The molecular weight excluding hydrogens is 241 g/mol. The molecule has 1 aromatic carbocycles. The monoisotopic (exact) mass is 255 g/mol. The molecule has 0 heterocycles. The molecule has 0 saturated heterocycles. The number of benzene rings is 1. The first-order chi connectivity index (χ1) is 8.49. The first-order valence-electron chi connectivity index (χ1n) is 5.11. The van der Waals surface area contributed by atoms with E-state index >= 15 is 0 Å². The predicted molar refractivity (Wildman–Crippen MR) is 64.2 cm³/mol. The highest BCUT2D eigenvalue weighted by Crippen LogP contribution is 2.21. The van der Waals surface area contributed by atoms with Crippen molar-refractivity contribution < 1.29 is 19.1 Å². The minimum atomic E-state index is -0.800. The van der Waals surface area contributed by atoms with Crippen LogP contribution in [0.2, 0.25) is 0 Å². The number of halogens is 1. The van der Waals surface area contributed by atoms with Crippen LogP contribution in [0.5, 0.6) is 5.75 Å². The minimum absolute atomic E-state index is 0.0178. The first kappa shape index (κ1) is 13.8. The van der Waals surface area contributed by atoms with Gasteiger partial charge in [-0.25, -0.2) is 4.39 Å². The van der Waals surface area contributed by atoms with Crippen LogP contribution in [0, 0.1) is 11.7 Å². The largest absolute Gasteiger partial charge is 0.494 e. The maximum atomic E-state index is 13.1. The number of carbonyl (C=O) groups is 1. The quantitative estimate of drug-likeness (QED) is 0.325. The predicted octanol–water partition coefficient (Wildman–Crippen LogP) is 1.16. The normalized spacial score (nSPS) is 12.9. The summed E-state index contributed by atoms with van der Waals surface area (Å²) in [5.74, 6) is -1.99. The molecule has 18 heavy (non-hydrogen) atoms. The van der Waals surface area contributed by atoms with E-state index in [2.05, 4.69) is 10.5 Å². The summed E-state index contributed by atoms with van der Waals surface area (Å²) in [6.07, 6.45) is 0. The molecule has 0 radical (unpaired) electrons. The van der Waals surface area contributed by atoms with Crippen LogP contribution in [-0.4, -0.2) is 24.1 Å². The van der Waals surface area contributed by atoms with Crippen molar-refractivity contribution in [2.24, 2.45) is 16.8 Å². The molecule has 7 heteroatoms. The van der Waals surface area contributed by atoms with Gasteiger partial charge in [-0.2, -0.15) is 0 Å². The summed E-state index contributed by atoms with van der Waals surface area (Å²) in [6, 6.07) is 3.89. The third-order valence-corrected chi connectivity index (χ3v) is 2.37. The lowest BCUT2D eigenvalue weighted by molar-refractivity contribution is -0.117. The second kappa shape index (κ2) is 5.85. The van der Waals surface area contributed by atoms with E-state index in [1.54, 1.807) is 0 Å². The number of oxime groups is 1. The highest BCUT2D eigenvalue weighted by atomic mass is 19.1. The number of nitrogens with zero attached hydrogens (tertiary/aromatic N) is 1. The van der Waals surface area contributed by atoms with Crippen LogP contribution in [-0.2, 0) is 4.79 Å². The summed E-state index contributed by atoms with van der Waals surface area (Å²) in [4.78, 5) is 11.7. The van der Waals surface area contributed by atoms with Crippen LogP contribution in [0.1, 0.15) is 6.92 Å². The van der Waals surface area contributed by atoms with Gasteiger partial charge in [0.05, 0.1) is 13.0 Å². The van der Waals surface area contributed by atoms with Gasteiger partial charge in [0.25, 0.3) is 0 Å². The van der Waals surface area contributed by atoms with E-state index in [0.717, 1.165) is 0 Å². The summed E-state index contributed by atoms with van der Waals surface area (Å²) in [6.45, 7) is 1.48. The highest BCUT2D eigenvalue weighted by molar-refractivity contribution is 6.07. The zero-order chi connectivity index (χ0) is 13.7. The molecule has 0 aliphatic carbocycles. The Bertz CT molecular complexity index is 477. The van der Waals surface area contributed by atoms with E-state index < -0.39 is 17.6 Å². The Labute approximate surface area is 103 Å². The van der Waals surface area contributed by atoms with E-state index in [9.17, 15) is 9.18 Å². The number of hydrogen-bond acceptors (Lipinski definition) is 4. The van der Waals surface area contributed by atoms with Crippen LogP contribution in [0.25, 0.3) is 0 Å². The maximum Gasteiger partial charge on any atom is 0.234 e. The minimum Gasteiger partial charge on any atom is -0.494 e. The fraction of sp³-hybridized carbons (Fsp3) is 0.273. The summed E-state index contributed by atoms with van der Waals surface area (Å²) in [7, 11) is 1.32. The number of ether oxygens (including phenoxy) is 1. The molecule has 0 bridgehead atoms. The molecule has 0 spiro atoms. The molecule has 98 valence electrons. The van der Waals surface area contributed by atoms with Crippen molar-refractivity contribution >= 4 is 17.4 Å². The number of anilines is 1. The third-order valence-electron chi connectivity index (χ3n) is 2.37. The molecule has 0 fully saturated rings. The molecule has 0 aliphatic rings. The van der Waals surface area contributed by atoms with Crippen molar-refractivity contribution in [3.05, 3.63) is 24.0 Å². The fourth-order valence-corrected chi connectivity index (χ4v) is 1.21. The number of amidine groups is 1. The second-order valence-electron chi connectivity index (χ2n) is 3.59. The van der Waals surface area contributed by atoms with Crippen molar-refractivity contribution in [1.29, 1.82) is 0 Å². The number of hydrogen-bond donors (Lipinski definition) is 3. The summed E-state index contributed by atoms with van der Waals surface area (Å²) in [5, 5.41) is 13.7. The second-order valence-corrected chi connectivity index (χ2v) is 3.59. The summed E-state index contributed by atoms with van der Waals surface area (Å²) >= 11 is 0. The number of amides is 1. The van der Waals surface area contributed by atoms with Crippen LogP contribution in [0.4, 0.5) is 10.1 Å². The number of methoxy groups -OCH3 is 1.